The van der Waals surface area contributed by atoms with Gasteiger partial charge in [-0.05, 0) is 49.4 Å². The van der Waals surface area contributed by atoms with Crippen LogP contribution in [0, 0.1) is 0 Å². The van der Waals surface area contributed by atoms with Gasteiger partial charge in [-0.25, -0.2) is 0 Å². The van der Waals surface area contributed by atoms with Crippen LogP contribution in [0.1, 0.15) is 27.6 Å². The smallest absolute Gasteiger partial charge is 0.255 e. The molecule has 0 unspecified atom stereocenters. The Morgan fingerprint density at radius 3 is 2.36 bits per heavy atom. The third kappa shape index (κ3) is 3.85. The number of nitrogens with one attached hydrogen (secondary N) is 2. The molecule has 0 aliphatic rings. The number of amides is 2. The van der Waals surface area contributed by atoms with Crippen LogP contribution >= 0.6 is 0 Å². The number of carbonyl (C=O) groups excluding carboxylic acids is 2. The SMILES string of the molecule is CCOc1ccc(C(=O)Nc2cccc(C(=O)NC)c2)cc1. The van der Waals surface area contributed by atoms with Crippen LogP contribution in [0.4, 0.5) is 5.69 Å². The molecular weight excluding hydrogens is 280 g/mol. The highest BCUT2D eigenvalue weighted by atomic mass is 16.5. The first-order chi connectivity index (χ1) is 10.6. The summed E-state index contributed by atoms with van der Waals surface area (Å²) < 4.78 is 5.34. The molecule has 22 heavy (non-hydrogen) atoms. The van der Waals surface area contributed by atoms with Crippen LogP contribution in [-0.4, -0.2) is 25.5 Å². The Balaban J connectivity index is 2.09. The van der Waals surface area contributed by atoms with E-state index in [1.54, 1.807) is 55.6 Å². The molecule has 0 aliphatic heterocycles. The zero-order chi connectivity index (χ0) is 15.9. The number of rotatable bonds is 5. The summed E-state index contributed by atoms with van der Waals surface area (Å²) in [4.78, 5) is 23.8. The molecule has 0 heterocycles. The van der Waals surface area contributed by atoms with Crippen LogP contribution in [0.15, 0.2) is 48.5 Å². The number of benzene rings is 2. The summed E-state index contributed by atoms with van der Waals surface area (Å²) in [7, 11) is 1.56. The van der Waals surface area contributed by atoms with Gasteiger partial charge in [-0.3, -0.25) is 9.59 Å². The first-order valence-electron chi connectivity index (χ1n) is 7.00. The van der Waals surface area contributed by atoms with Gasteiger partial charge in [-0.15, -0.1) is 0 Å². The Morgan fingerprint density at radius 1 is 1.00 bits per heavy atom. The molecule has 0 fully saturated rings. The van der Waals surface area contributed by atoms with Crippen LogP contribution in [0.5, 0.6) is 5.75 Å². The zero-order valence-electron chi connectivity index (χ0n) is 12.6. The van der Waals surface area contributed by atoms with Gasteiger partial charge in [0, 0.05) is 23.9 Å². The van der Waals surface area contributed by atoms with Crippen LogP contribution in [0.3, 0.4) is 0 Å². The van der Waals surface area contributed by atoms with Gasteiger partial charge in [-0.1, -0.05) is 6.07 Å². The molecule has 2 N–H and O–H groups in total. The fourth-order valence-electron chi connectivity index (χ4n) is 1.95. The van der Waals surface area contributed by atoms with Crippen molar-refractivity contribution in [2.75, 3.05) is 19.0 Å². The number of ether oxygens (including phenoxy) is 1. The quantitative estimate of drug-likeness (QED) is 0.892. The minimum atomic E-state index is -0.239. The third-order valence-electron chi connectivity index (χ3n) is 3.04. The van der Waals surface area contributed by atoms with Crippen molar-refractivity contribution in [3.8, 4) is 5.75 Å². The second kappa shape index (κ2) is 7.26. The van der Waals surface area contributed by atoms with Gasteiger partial charge in [0.25, 0.3) is 11.8 Å². The highest BCUT2D eigenvalue weighted by Crippen LogP contribution is 2.15. The minimum Gasteiger partial charge on any atom is -0.494 e. The Hall–Kier alpha value is -2.82. The fourth-order valence-corrected chi connectivity index (χ4v) is 1.95. The van der Waals surface area contributed by atoms with E-state index in [4.69, 9.17) is 4.74 Å². The lowest BCUT2D eigenvalue weighted by atomic mass is 10.1. The highest BCUT2D eigenvalue weighted by Gasteiger charge is 2.08. The standard InChI is InChI=1S/C17H18N2O3/c1-3-22-15-9-7-12(8-10-15)17(21)19-14-6-4-5-13(11-14)16(20)18-2/h4-11H,3H2,1-2H3,(H,18,20)(H,19,21). The zero-order valence-corrected chi connectivity index (χ0v) is 12.6. The summed E-state index contributed by atoms with van der Waals surface area (Å²) in [6.45, 7) is 2.48. The molecule has 2 amide bonds. The summed E-state index contributed by atoms with van der Waals surface area (Å²) in [5, 5.41) is 5.32. The average Bonchev–Trinajstić information content (AvgIpc) is 2.55. The highest BCUT2D eigenvalue weighted by molar-refractivity contribution is 6.05. The molecule has 0 spiro atoms. The molecule has 5 heteroatoms. The van der Waals surface area contributed by atoms with Crippen molar-refractivity contribution in [1.29, 1.82) is 0 Å². The summed E-state index contributed by atoms with van der Waals surface area (Å²) in [5.41, 5.74) is 1.58. The summed E-state index contributed by atoms with van der Waals surface area (Å²) in [6.07, 6.45) is 0. The maximum absolute atomic E-state index is 12.2. The Kier molecular flexibility index (Phi) is 5.14. The Bertz CT molecular complexity index is 666. The minimum absolute atomic E-state index is 0.197. The van der Waals surface area contributed by atoms with Crippen molar-refractivity contribution in [3.63, 3.8) is 0 Å². The first kappa shape index (κ1) is 15.6. The van der Waals surface area contributed by atoms with E-state index in [-0.39, 0.29) is 11.8 Å². The number of anilines is 1. The monoisotopic (exact) mass is 298 g/mol. The molecule has 0 bridgehead atoms. The lowest BCUT2D eigenvalue weighted by Gasteiger charge is -2.08. The lowest BCUT2D eigenvalue weighted by molar-refractivity contribution is 0.0961. The largest absolute Gasteiger partial charge is 0.494 e. The van der Waals surface area contributed by atoms with Crippen LogP contribution in [0.2, 0.25) is 0 Å². The molecule has 0 aliphatic carbocycles. The molecule has 0 saturated heterocycles. The maximum atomic E-state index is 12.2. The van der Waals surface area contributed by atoms with Crippen LogP contribution < -0.4 is 15.4 Å². The molecule has 2 aromatic rings. The van der Waals surface area contributed by atoms with Gasteiger partial charge in [0.2, 0.25) is 0 Å². The van der Waals surface area contributed by atoms with Gasteiger partial charge in [0.05, 0.1) is 6.61 Å². The first-order valence-corrected chi connectivity index (χ1v) is 7.00. The molecule has 0 atom stereocenters. The third-order valence-corrected chi connectivity index (χ3v) is 3.04. The van der Waals surface area contributed by atoms with Crippen molar-refractivity contribution >= 4 is 17.5 Å². The molecule has 2 rings (SSSR count). The molecule has 0 aromatic heterocycles. The fraction of sp³-hybridized carbons (Fsp3) is 0.176. The topological polar surface area (TPSA) is 67.4 Å². The van der Waals surface area contributed by atoms with Crippen molar-refractivity contribution in [2.45, 2.75) is 6.92 Å². The maximum Gasteiger partial charge on any atom is 0.255 e. The molecule has 0 radical (unpaired) electrons. The van der Waals surface area contributed by atoms with Gasteiger partial charge >= 0.3 is 0 Å². The number of carbonyl (C=O) groups is 2. The molecule has 2 aromatic carbocycles. The van der Waals surface area contributed by atoms with E-state index >= 15 is 0 Å². The normalized spacial score (nSPS) is 9.91. The van der Waals surface area contributed by atoms with Gasteiger partial charge < -0.3 is 15.4 Å². The van der Waals surface area contributed by atoms with E-state index in [2.05, 4.69) is 10.6 Å². The molecular formula is C17H18N2O3. The van der Waals surface area contributed by atoms with E-state index in [9.17, 15) is 9.59 Å². The second-order valence-electron chi connectivity index (χ2n) is 4.57. The van der Waals surface area contributed by atoms with Crippen molar-refractivity contribution < 1.29 is 14.3 Å². The predicted octanol–water partition coefficient (Wildman–Crippen LogP) is 2.70. The van der Waals surface area contributed by atoms with Crippen molar-refractivity contribution in [3.05, 3.63) is 59.7 Å². The lowest BCUT2D eigenvalue weighted by Crippen LogP contribution is -2.18. The second-order valence-corrected chi connectivity index (χ2v) is 4.57. The number of hydrogen-bond acceptors (Lipinski definition) is 3. The van der Waals surface area contributed by atoms with Crippen LogP contribution in [-0.2, 0) is 0 Å². The van der Waals surface area contributed by atoms with Gasteiger partial charge in [0.1, 0.15) is 5.75 Å². The Morgan fingerprint density at radius 2 is 1.73 bits per heavy atom. The van der Waals surface area contributed by atoms with Crippen molar-refractivity contribution in [2.24, 2.45) is 0 Å². The van der Waals surface area contributed by atoms with Gasteiger partial charge in [-0.2, -0.15) is 0 Å². The molecule has 0 saturated carbocycles. The van der Waals surface area contributed by atoms with Crippen LogP contribution in [0.25, 0.3) is 0 Å². The van der Waals surface area contributed by atoms with E-state index in [0.717, 1.165) is 5.75 Å². The van der Waals surface area contributed by atoms with Gasteiger partial charge in [0.15, 0.2) is 0 Å². The molecule has 114 valence electrons. The summed E-state index contributed by atoms with van der Waals surface area (Å²) in [6, 6.07) is 13.7. The summed E-state index contributed by atoms with van der Waals surface area (Å²) >= 11 is 0. The summed E-state index contributed by atoms with van der Waals surface area (Å²) in [5.74, 6) is 0.287. The van der Waals surface area contributed by atoms with E-state index in [1.807, 2.05) is 6.92 Å². The predicted molar refractivity (Wildman–Crippen MR) is 85.4 cm³/mol. The van der Waals surface area contributed by atoms with E-state index < -0.39 is 0 Å². The van der Waals surface area contributed by atoms with E-state index in [1.165, 1.54) is 0 Å². The molecule has 5 nitrogen and oxygen atoms in total. The van der Waals surface area contributed by atoms with Crippen molar-refractivity contribution in [1.82, 2.24) is 5.32 Å². The van der Waals surface area contributed by atoms with E-state index in [0.29, 0.717) is 23.4 Å². The number of hydrogen-bond donors (Lipinski definition) is 2. The average molecular weight is 298 g/mol. The Labute approximate surface area is 129 Å².